The first kappa shape index (κ1) is 58.4. The number of hydrogen-bond acceptors (Lipinski definition) is 11. The molecular formula is C49H92NO11P. The molecular weight excluding hydrogens is 810 g/mol. The van der Waals surface area contributed by atoms with E-state index >= 15 is 0 Å². The largest absolute Gasteiger partial charge is 0.472 e. The van der Waals surface area contributed by atoms with Gasteiger partial charge in [-0.15, -0.1) is 0 Å². The van der Waals surface area contributed by atoms with Gasteiger partial charge >= 0.3 is 19.8 Å². The molecule has 6 atom stereocenters. The number of ketones is 1. The lowest BCUT2D eigenvalue weighted by Crippen LogP contribution is -2.29. The number of hydrogen-bond donors (Lipinski definition) is 4. The SMILES string of the molecule is CCCCCCCCCCCCCCCCCCCCCCCC(=O)O[C@H](COC(=O)CCCCCC[C@H]1C(=O)C[C@@H](O)[C@@H]1/C=C/[C@@H](O)CCCCC)COP(=O)(O)OCCN. The van der Waals surface area contributed by atoms with Gasteiger partial charge < -0.3 is 30.3 Å². The lowest BCUT2D eigenvalue weighted by molar-refractivity contribution is -0.161. The van der Waals surface area contributed by atoms with Gasteiger partial charge in [0, 0.05) is 37.6 Å². The number of nitrogens with two attached hydrogens (primary N) is 1. The van der Waals surface area contributed by atoms with Crippen molar-refractivity contribution in [3.63, 3.8) is 0 Å². The number of ether oxygens (including phenoxy) is 2. The molecule has 5 N–H and O–H groups in total. The maximum Gasteiger partial charge on any atom is 0.472 e. The molecule has 1 aliphatic rings. The summed E-state index contributed by atoms with van der Waals surface area (Å²) in [5.41, 5.74) is 5.36. The van der Waals surface area contributed by atoms with Crippen molar-refractivity contribution in [1.29, 1.82) is 0 Å². The van der Waals surface area contributed by atoms with Crippen molar-refractivity contribution in [2.24, 2.45) is 17.6 Å². The fourth-order valence-corrected chi connectivity index (χ4v) is 9.00. The van der Waals surface area contributed by atoms with E-state index in [2.05, 4.69) is 13.8 Å². The Bertz CT molecular complexity index is 1190. The minimum Gasteiger partial charge on any atom is -0.462 e. The molecule has 62 heavy (non-hydrogen) atoms. The van der Waals surface area contributed by atoms with Gasteiger partial charge in [-0.25, -0.2) is 4.57 Å². The molecule has 0 saturated heterocycles. The van der Waals surface area contributed by atoms with Gasteiger partial charge in [0.1, 0.15) is 12.4 Å². The first-order valence-electron chi connectivity index (χ1n) is 25.3. The zero-order valence-electron chi connectivity index (χ0n) is 39.3. The molecule has 0 heterocycles. The second-order valence-electron chi connectivity index (χ2n) is 17.8. The van der Waals surface area contributed by atoms with Gasteiger partial charge in [-0.2, -0.15) is 0 Å². The molecule has 12 nitrogen and oxygen atoms in total. The summed E-state index contributed by atoms with van der Waals surface area (Å²) in [7, 11) is -4.44. The molecule has 13 heteroatoms. The Hall–Kier alpha value is -1.66. The Morgan fingerprint density at radius 2 is 1.16 bits per heavy atom. The molecule has 0 radical (unpaired) electrons. The van der Waals surface area contributed by atoms with Crippen LogP contribution in [0.3, 0.4) is 0 Å². The summed E-state index contributed by atoms with van der Waals surface area (Å²) in [4.78, 5) is 47.8. The first-order chi connectivity index (χ1) is 30.0. The quantitative estimate of drug-likeness (QED) is 0.0196. The van der Waals surface area contributed by atoms with Gasteiger partial charge in [0.05, 0.1) is 25.4 Å². The van der Waals surface area contributed by atoms with Crippen molar-refractivity contribution < 1.29 is 52.6 Å². The van der Waals surface area contributed by atoms with Crippen molar-refractivity contribution in [3.05, 3.63) is 12.2 Å². The Morgan fingerprint density at radius 3 is 1.68 bits per heavy atom. The summed E-state index contributed by atoms with van der Waals surface area (Å²) < 4.78 is 32.9. The van der Waals surface area contributed by atoms with Gasteiger partial charge in [-0.3, -0.25) is 23.4 Å². The zero-order chi connectivity index (χ0) is 45.5. The smallest absolute Gasteiger partial charge is 0.462 e. The molecule has 0 aromatic heterocycles. The van der Waals surface area contributed by atoms with Crippen LogP contribution in [0.4, 0.5) is 0 Å². The summed E-state index contributed by atoms with van der Waals surface area (Å²) >= 11 is 0. The first-order valence-corrected chi connectivity index (χ1v) is 26.8. The number of esters is 2. The number of Topliss-reactive ketones (excluding diaryl/α,β-unsaturated/α-hetero) is 1. The fraction of sp³-hybridized carbons (Fsp3) is 0.898. The van der Waals surface area contributed by atoms with E-state index in [0.29, 0.717) is 25.7 Å². The average molecular weight is 902 g/mol. The van der Waals surface area contributed by atoms with Crippen LogP contribution in [0.2, 0.25) is 0 Å². The van der Waals surface area contributed by atoms with E-state index in [4.69, 9.17) is 24.3 Å². The van der Waals surface area contributed by atoms with E-state index in [9.17, 15) is 34.1 Å². The van der Waals surface area contributed by atoms with Crippen molar-refractivity contribution in [3.8, 4) is 0 Å². The minimum atomic E-state index is -4.44. The Labute approximate surface area is 377 Å². The summed E-state index contributed by atoms with van der Waals surface area (Å²) in [5.74, 6) is -1.49. The molecule has 1 saturated carbocycles. The lowest BCUT2D eigenvalue weighted by atomic mass is 9.88. The highest BCUT2D eigenvalue weighted by atomic mass is 31.2. The van der Waals surface area contributed by atoms with E-state index in [-0.39, 0.29) is 56.6 Å². The van der Waals surface area contributed by atoms with E-state index in [1.165, 1.54) is 109 Å². The molecule has 0 amide bonds. The summed E-state index contributed by atoms with van der Waals surface area (Å²) in [6, 6.07) is 0. The monoisotopic (exact) mass is 902 g/mol. The number of phosphoric ester groups is 1. The van der Waals surface area contributed by atoms with E-state index in [1.54, 1.807) is 6.08 Å². The average Bonchev–Trinajstić information content (AvgIpc) is 3.52. The third kappa shape index (κ3) is 32.9. The molecule has 364 valence electrons. The van der Waals surface area contributed by atoms with Gasteiger partial charge in [0.15, 0.2) is 6.10 Å². The molecule has 0 bridgehead atoms. The minimum absolute atomic E-state index is 0.0212. The number of aliphatic hydroxyl groups excluding tert-OH is 2. The molecule has 0 spiro atoms. The maximum atomic E-state index is 12.7. The number of phosphoric acid groups is 1. The zero-order valence-corrected chi connectivity index (χ0v) is 40.2. The van der Waals surface area contributed by atoms with Crippen LogP contribution in [0.25, 0.3) is 0 Å². The molecule has 1 unspecified atom stereocenters. The van der Waals surface area contributed by atoms with Crippen molar-refractivity contribution in [2.75, 3.05) is 26.4 Å². The van der Waals surface area contributed by atoms with Crippen LogP contribution in [-0.2, 0) is 37.5 Å². The topological polar surface area (TPSA) is 192 Å². The highest BCUT2D eigenvalue weighted by Gasteiger charge is 2.39. The van der Waals surface area contributed by atoms with Crippen molar-refractivity contribution in [2.45, 2.75) is 244 Å². The predicted molar refractivity (Wildman–Crippen MR) is 248 cm³/mol. The summed E-state index contributed by atoms with van der Waals surface area (Å²) in [6.07, 6.45) is 35.7. The van der Waals surface area contributed by atoms with E-state index in [0.717, 1.165) is 57.8 Å². The third-order valence-electron chi connectivity index (χ3n) is 12.0. The van der Waals surface area contributed by atoms with Gasteiger partial charge in [-0.1, -0.05) is 193 Å². The van der Waals surface area contributed by atoms with Gasteiger partial charge in [0.2, 0.25) is 0 Å². The Morgan fingerprint density at radius 1 is 0.694 bits per heavy atom. The summed E-state index contributed by atoms with van der Waals surface area (Å²) in [6.45, 7) is 3.40. The van der Waals surface area contributed by atoms with E-state index in [1.807, 2.05) is 6.08 Å². The normalized spacial score (nSPS) is 18.6. The second kappa shape index (κ2) is 39.7. The molecule has 0 aromatic carbocycles. The standard InChI is InChI=1S/C49H92NO11P/c1-3-5-7-8-9-10-11-12-13-14-15-16-17-18-19-20-21-22-23-24-30-34-49(55)61-43(41-60-62(56,57)59-38-37-50)40-58-48(54)33-29-26-25-28-32-44-45(47(53)39-46(44)52)36-35-42(51)31-27-6-4-2/h35-36,42-45,47,51,53H,3-34,37-41,50H2,1-2H3,(H,56,57)/b36-35+/t42-,43+,44+,45+,47+/m0/s1. The Balaban J connectivity index is 2.26. The number of aliphatic hydroxyl groups is 2. The molecule has 1 fully saturated rings. The van der Waals surface area contributed by atoms with Crippen molar-refractivity contribution >= 4 is 25.5 Å². The van der Waals surface area contributed by atoms with Crippen LogP contribution in [0, 0.1) is 11.8 Å². The number of carbonyl (C=O) groups excluding carboxylic acids is 3. The third-order valence-corrected chi connectivity index (χ3v) is 13.0. The van der Waals surface area contributed by atoms with Crippen LogP contribution in [0.5, 0.6) is 0 Å². The molecule has 0 aliphatic heterocycles. The molecule has 1 rings (SSSR count). The van der Waals surface area contributed by atoms with Crippen LogP contribution >= 0.6 is 7.82 Å². The molecule has 1 aliphatic carbocycles. The van der Waals surface area contributed by atoms with Crippen LogP contribution in [0.1, 0.15) is 226 Å². The Kier molecular flexibility index (Phi) is 37.4. The van der Waals surface area contributed by atoms with Crippen molar-refractivity contribution in [1.82, 2.24) is 0 Å². The highest BCUT2D eigenvalue weighted by molar-refractivity contribution is 7.47. The maximum absolute atomic E-state index is 12.7. The fourth-order valence-electron chi connectivity index (χ4n) is 8.24. The number of carbonyl (C=O) groups is 3. The predicted octanol–water partition coefficient (Wildman–Crippen LogP) is 11.5. The van der Waals surface area contributed by atoms with Crippen LogP contribution in [0.15, 0.2) is 12.2 Å². The number of rotatable bonds is 44. The van der Waals surface area contributed by atoms with Crippen LogP contribution in [-0.4, -0.2) is 77.5 Å². The van der Waals surface area contributed by atoms with E-state index < -0.39 is 44.7 Å². The summed E-state index contributed by atoms with van der Waals surface area (Å²) in [5, 5.41) is 20.7. The van der Waals surface area contributed by atoms with Gasteiger partial charge in [0.25, 0.3) is 0 Å². The lowest BCUT2D eigenvalue weighted by Gasteiger charge is -2.20. The van der Waals surface area contributed by atoms with Gasteiger partial charge in [-0.05, 0) is 25.7 Å². The second-order valence-corrected chi connectivity index (χ2v) is 19.3. The number of unbranched alkanes of at least 4 members (excludes halogenated alkanes) is 25. The van der Waals surface area contributed by atoms with Crippen LogP contribution < -0.4 is 5.73 Å². The molecule has 0 aromatic rings. The highest BCUT2D eigenvalue weighted by Crippen LogP contribution is 2.43.